The second-order valence-electron chi connectivity index (χ2n) is 6.94. The number of hydrogen-bond acceptors (Lipinski definition) is 11. The number of anilines is 1. The average molecular weight is 547 g/mol. The van der Waals surface area contributed by atoms with Crippen molar-refractivity contribution in [2.24, 2.45) is 5.16 Å². The summed E-state index contributed by atoms with van der Waals surface area (Å²) in [5.74, 6) is -2.84. The first-order chi connectivity index (χ1) is 16.5. The molecular weight excluding hydrogens is 533 g/mol. The van der Waals surface area contributed by atoms with Crippen molar-refractivity contribution in [3.8, 4) is 0 Å². The molecule has 1 fully saturated rings. The van der Waals surface area contributed by atoms with Gasteiger partial charge in [0, 0.05) is 22.0 Å². The highest BCUT2D eigenvalue weighted by molar-refractivity contribution is 8.00. The van der Waals surface area contributed by atoms with Gasteiger partial charge < -0.3 is 21.4 Å². The van der Waals surface area contributed by atoms with Crippen molar-refractivity contribution in [2.45, 2.75) is 23.3 Å². The SMILES string of the molecule is Nc1nc(C(=NO)C(=O)NC2S[C@H]3CC(=O)N3C(C(=O)O)=C2C=Cc2cnc(C(F)(F)F)s2)cs1. The van der Waals surface area contributed by atoms with Gasteiger partial charge in [-0.25, -0.2) is 14.8 Å². The van der Waals surface area contributed by atoms with Crippen LogP contribution in [0.5, 0.6) is 0 Å². The van der Waals surface area contributed by atoms with Gasteiger partial charge >= 0.3 is 12.1 Å². The fraction of sp³-hybridized carbons (Fsp3) is 0.222. The van der Waals surface area contributed by atoms with Gasteiger partial charge in [-0.1, -0.05) is 11.2 Å². The van der Waals surface area contributed by atoms with Gasteiger partial charge in [-0.15, -0.1) is 34.4 Å². The number of β-lactam (4-membered cyclic amide) rings is 1. The number of nitrogen functional groups attached to an aromatic ring is 1. The molecule has 2 aliphatic heterocycles. The number of carbonyl (C=O) groups is 3. The molecule has 1 saturated heterocycles. The summed E-state index contributed by atoms with van der Waals surface area (Å²) in [6, 6.07) is 0. The number of nitrogens with one attached hydrogen (secondary N) is 1. The minimum Gasteiger partial charge on any atom is -0.477 e. The lowest BCUT2D eigenvalue weighted by atomic mass is 10.1. The highest BCUT2D eigenvalue weighted by Gasteiger charge is 2.48. The van der Waals surface area contributed by atoms with E-state index in [1.54, 1.807) is 0 Å². The molecule has 35 heavy (non-hydrogen) atoms. The number of nitrogens with zero attached hydrogens (tertiary/aromatic N) is 4. The third-order valence-electron chi connectivity index (χ3n) is 4.73. The number of nitrogens with two attached hydrogens (primary N) is 1. The number of halogens is 3. The smallest absolute Gasteiger partial charge is 0.443 e. The highest BCUT2D eigenvalue weighted by Crippen LogP contribution is 2.44. The normalized spacial score (nSPS) is 20.7. The summed E-state index contributed by atoms with van der Waals surface area (Å²) in [6.07, 6.45) is -1.24. The summed E-state index contributed by atoms with van der Waals surface area (Å²) < 4.78 is 38.6. The predicted molar refractivity (Wildman–Crippen MR) is 120 cm³/mol. The maximum Gasteiger partial charge on any atom is 0.443 e. The number of fused-ring (bicyclic) bond motifs is 1. The molecule has 2 aliphatic rings. The van der Waals surface area contributed by atoms with E-state index in [-0.39, 0.29) is 27.7 Å². The number of carbonyl (C=O) groups excluding carboxylic acids is 2. The first-order valence-electron chi connectivity index (χ1n) is 9.40. The van der Waals surface area contributed by atoms with Crippen LogP contribution in [0.1, 0.15) is 22.0 Å². The van der Waals surface area contributed by atoms with Crippen LogP contribution in [0.4, 0.5) is 18.3 Å². The fourth-order valence-electron chi connectivity index (χ4n) is 3.23. The predicted octanol–water partition coefficient (Wildman–Crippen LogP) is 2.18. The van der Waals surface area contributed by atoms with Crippen LogP contribution < -0.4 is 11.1 Å². The van der Waals surface area contributed by atoms with E-state index in [0.717, 1.165) is 34.2 Å². The highest BCUT2D eigenvalue weighted by atomic mass is 32.2. The van der Waals surface area contributed by atoms with E-state index in [2.05, 4.69) is 20.4 Å². The molecule has 0 aliphatic carbocycles. The Hall–Kier alpha value is -3.44. The van der Waals surface area contributed by atoms with Crippen LogP contribution in [-0.4, -0.2) is 59.4 Å². The molecule has 1 unspecified atom stereocenters. The van der Waals surface area contributed by atoms with E-state index >= 15 is 0 Å². The number of carboxylic acids is 1. The van der Waals surface area contributed by atoms with Crippen molar-refractivity contribution in [1.82, 2.24) is 20.2 Å². The Bertz CT molecular complexity index is 1300. The van der Waals surface area contributed by atoms with Crippen molar-refractivity contribution in [3.05, 3.63) is 44.5 Å². The van der Waals surface area contributed by atoms with Crippen LogP contribution in [-0.2, 0) is 20.6 Å². The quantitative estimate of drug-likeness (QED) is 0.183. The third-order valence-corrected chi connectivity index (χ3v) is 7.75. The monoisotopic (exact) mass is 546 g/mol. The van der Waals surface area contributed by atoms with Crippen molar-refractivity contribution in [2.75, 3.05) is 5.73 Å². The van der Waals surface area contributed by atoms with Gasteiger partial charge in [-0.05, 0) is 6.08 Å². The Morgan fingerprint density at radius 2 is 2.09 bits per heavy atom. The lowest BCUT2D eigenvalue weighted by molar-refractivity contribution is -0.146. The number of carboxylic acid groups (broad SMARTS) is 1. The largest absolute Gasteiger partial charge is 0.477 e. The Morgan fingerprint density at radius 3 is 2.63 bits per heavy atom. The molecule has 11 nitrogen and oxygen atoms in total. The standard InChI is InChI=1S/C18H13F3N6O5S3/c19-18(20,21)16-23-4-6(34-16)1-2-7-12(15(30)31)27-9(28)3-10(27)35-14(7)25-13(29)11(26-32)8-5-33-17(22)24-8/h1-2,4-5,10,14,32H,3H2,(H2,22,24)(H,25,29)(H,30,31)/t10-,14?/m0/s1. The lowest BCUT2D eigenvalue weighted by Crippen LogP contribution is -2.57. The van der Waals surface area contributed by atoms with Crippen molar-refractivity contribution in [1.29, 1.82) is 0 Å². The molecule has 5 N–H and O–H groups in total. The van der Waals surface area contributed by atoms with E-state index in [0.29, 0.717) is 11.3 Å². The van der Waals surface area contributed by atoms with E-state index in [1.165, 1.54) is 17.5 Å². The molecule has 17 heteroatoms. The van der Waals surface area contributed by atoms with Crippen molar-refractivity contribution >= 4 is 69.1 Å². The van der Waals surface area contributed by atoms with Crippen molar-refractivity contribution in [3.63, 3.8) is 0 Å². The number of aliphatic carboxylic acids is 1. The topological polar surface area (TPSA) is 171 Å². The number of thioether (sulfide) groups is 1. The van der Waals surface area contributed by atoms with Gasteiger partial charge in [0.1, 0.15) is 16.8 Å². The molecule has 2 amide bonds. The van der Waals surface area contributed by atoms with Crippen LogP contribution in [0.15, 0.2) is 34.1 Å². The first-order valence-corrected chi connectivity index (χ1v) is 12.0. The number of thiazole rings is 2. The summed E-state index contributed by atoms with van der Waals surface area (Å²) in [6.45, 7) is 0. The summed E-state index contributed by atoms with van der Waals surface area (Å²) >= 11 is 2.38. The Labute approximate surface area is 205 Å². The minimum atomic E-state index is -4.64. The second kappa shape index (κ2) is 9.31. The van der Waals surface area contributed by atoms with Crippen LogP contribution in [0, 0.1) is 0 Å². The molecule has 4 heterocycles. The van der Waals surface area contributed by atoms with E-state index in [9.17, 15) is 37.9 Å². The van der Waals surface area contributed by atoms with Gasteiger partial charge in [-0.3, -0.25) is 14.5 Å². The van der Waals surface area contributed by atoms with Crippen LogP contribution in [0.25, 0.3) is 6.08 Å². The summed E-state index contributed by atoms with van der Waals surface area (Å²) in [5, 5.41) is 23.4. The molecular formula is C18H13F3N6O5S3. The molecule has 0 aromatic carbocycles. The Kier molecular flexibility index (Phi) is 6.56. The van der Waals surface area contributed by atoms with Crippen LogP contribution in [0.3, 0.4) is 0 Å². The summed E-state index contributed by atoms with van der Waals surface area (Å²) in [4.78, 5) is 45.2. The molecule has 2 aromatic rings. The van der Waals surface area contributed by atoms with E-state index in [1.807, 2.05) is 0 Å². The molecule has 0 saturated carbocycles. The van der Waals surface area contributed by atoms with Gasteiger partial charge in [-0.2, -0.15) is 13.2 Å². The van der Waals surface area contributed by atoms with E-state index in [4.69, 9.17) is 5.73 Å². The van der Waals surface area contributed by atoms with Crippen LogP contribution >= 0.6 is 34.4 Å². The molecule has 4 rings (SSSR count). The van der Waals surface area contributed by atoms with Gasteiger partial charge in [0.15, 0.2) is 15.9 Å². The number of aromatic nitrogens is 2. The van der Waals surface area contributed by atoms with Gasteiger partial charge in [0.2, 0.25) is 5.91 Å². The molecule has 0 spiro atoms. The second-order valence-corrected chi connectivity index (χ2v) is 10.2. The zero-order valence-electron chi connectivity index (χ0n) is 17.0. The summed E-state index contributed by atoms with van der Waals surface area (Å²) in [7, 11) is 0. The maximum atomic E-state index is 12.9. The zero-order chi connectivity index (χ0) is 25.5. The van der Waals surface area contributed by atoms with Gasteiger partial charge in [0.05, 0.1) is 11.8 Å². The zero-order valence-corrected chi connectivity index (χ0v) is 19.5. The maximum absolute atomic E-state index is 12.9. The Balaban J connectivity index is 1.69. The molecule has 2 aromatic heterocycles. The number of oxime groups is 1. The number of amides is 2. The Morgan fingerprint density at radius 1 is 1.34 bits per heavy atom. The average Bonchev–Trinajstić information content (AvgIpc) is 3.41. The molecule has 2 atom stereocenters. The first kappa shape index (κ1) is 24.7. The molecule has 184 valence electrons. The van der Waals surface area contributed by atoms with E-state index < -0.39 is 51.1 Å². The molecule has 0 radical (unpaired) electrons. The van der Waals surface area contributed by atoms with Crippen molar-refractivity contribution < 1.29 is 37.9 Å². The van der Waals surface area contributed by atoms with Crippen LogP contribution in [0.2, 0.25) is 0 Å². The molecule has 0 bridgehead atoms. The third kappa shape index (κ3) is 4.87. The number of rotatable bonds is 6. The number of alkyl halides is 3. The van der Waals surface area contributed by atoms with Gasteiger partial charge in [0.25, 0.3) is 5.91 Å². The number of hydrogen-bond donors (Lipinski definition) is 4. The lowest BCUT2D eigenvalue weighted by Gasteiger charge is -2.46. The summed E-state index contributed by atoms with van der Waals surface area (Å²) in [5.41, 5.74) is 4.57. The fourth-order valence-corrected chi connectivity index (χ4v) is 5.87. The minimum absolute atomic E-state index is 0.0161.